The number of benzene rings is 1. The van der Waals surface area contributed by atoms with Crippen LogP contribution in [-0.4, -0.2) is 47.1 Å². The third-order valence-corrected chi connectivity index (χ3v) is 3.85. The van der Waals surface area contributed by atoms with E-state index in [1.807, 2.05) is 13.8 Å². The van der Waals surface area contributed by atoms with Gasteiger partial charge in [-0.15, -0.1) is 0 Å². The molecule has 1 aromatic rings. The quantitative estimate of drug-likeness (QED) is 0.821. The van der Waals surface area contributed by atoms with Crippen molar-refractivity contribution < 1.29 is 22.7 Å². The maximum Gasteiger partial charge on any atom is 0.406 e. The van der Waals surface area contributed by atoms with Crippen molar-refractivity contribution in [2.45, 2.75) is 20.0 Å². The lowest BCUT2D eigenvalue weighted by Gasteiger charge is -2.25. The first-order valence-corrected chi connectivity index (χ1v) is 8.65. The number of nitrogens with zero attached hydrogens (tertiary/aromatic N) is 1. The first-order chi connectivity index (χ1) is 10.3. The molecular weight excluding hydrogens is 308 g/mol. The SMILES string of the molecule is COC(=O)NCCN(c1ccccc1OC(C)C)S(C)(=O)=O. The van der Waals surface area contributed by atoms with E-state index in [0.29, 0.717) is 11.4 Å². The van der Waals surface area contributed by atoms with E-state index in [0.717, 1.165) is 6.26 Å². The second-order valence-corrected chi connectivity index (χ2v) is 6.79. The Hall–Kier alpha value is -1.96. The number of nitrogens with one attached hydrogen (secondary N) is 1. The maximum atomic E-state index is 12.0. The van der Waals surface area contributed by atoms with Crippen LogP contribution in [0.3, 0.4) is 0 Å². The van der Waals surface area contributed by atoms with E-state index in [1.54, 1.807) is 24.3 Å². The Kier molecular flexibility index (Phi) is 6.48. The van der Waals surface area contributed by atoms with Crippen LogP contribution in [0.2, 0.25) is 0 Å². The van der Waals surface area contributed by atoms with Crippen LogP contribution in [0.25, 0.3) is 0 Å². The van der Waals surface area contributed by atoms with Crippen molar-refractivity contribution in [1.82, 2.24) is 5.32 Å². The molecule has 0 aliphatic carbocycles. The fourth-order valence-electron chi connectivity index (χ4n) is 1.81. The van der Waals surface area contributed by atoms with Gasteiger partial charge in [-0.1, -0.05) is 12.1 Å². The summed E-state index contributed by atoms with van der Waals surface area (Å²) in [4.78, 5) is 11.1. The van der Waals surface area contributed by atoms with Crippen LogP contribution in [0, 0.1) is 0 Å². The van der Waals surface area contributed by atoms with Crippen LogP contribution in [0.4, 0.5) is 10.5 Å². The Morgan fingerprint density at radius 1 is 1.32 bits per heavy atom. The highest BCUT2D eigenvalue weighted by atomic mass is 32.2. The topological polar surface area (TPSA) is 84.9 Å². The molecule has 0 saturated heterocycles. The summed E-state index contributed by atoms with van der Waals surface area (Å²) in [6.45, 7) is 3.92. The molecular formula is C14H22N2O5S. The molecule has 1 amide bonds. The zero-order valence-corrected chi connectivity index (χ0v) is 14.0. The van der Waals surface area contributed by atoms with Crippen molar-refractivity contribution in [1.29, 1.82) is 0 Å². The molecule has 0 bridgehead atoms. The number of amides is 1. The molecule has 22 heavy (non-hydrogen) atoms. The average molecular weight is 330 g/mol. The Bertz CT molecular complexity index is 601. The number of rotatable bonds is 7. The number of hydrogen-bond donors (Lipinski definition) is 1. The van der Waals surface area contributed by atoms with Gasteiger partial charge in [-0.2, -0.15) is 0 Å². The van der Waals surface area contributed by atoms with Gasteiger partial charge in [-0.05, 0) is 26.0 Å². The van der Waals surface area contributed by atoms with Gasteiger partial charge in [-0.25, -0.2) is 13.2 Å². The van der Waals surface area contributed by atoms with Crippen molar-refractivity contribution in [3.8, 4) is 5.75 Å². The number of hydrogen-bond acceptors (Lipinski definition) is 5. The molecule has 0 fully saturated rings. The summed E-state index contributed by atoms with van der Waals surface area (Å²) in [5.41, 5.74) is 0.436. The monoisotopic (exact) mass is 330 g/mol. The minimum atomic E-state index is -3.52. The number of alkyl carbamates (subject to hydrolysis) is 1. The van der Waals surface area contributed by atoms with Gasteiger partial charge in [0.15, 0.2) is 0 Å². The van der Waals surface area contributed by atoms with Gasteiger partial charge < -0.3 is 14.8 Å². The standard InChI is InChI=1S/C14H22N2O5S/c1-11(2)21-13-8-6-5-7-12(13)16(22(4,18)19)10-9-15-14(17)20-3/h5-8,11H,9-10H2,1-4H3,(H,15,17). The Labute approximate surface area is 131 Å². The van der Waals surface area contributed by atoms with Crippen LogP contribution >= 0.6 is 0 Å². The van der Waals surface area contributed by atoms with E-state index in [-0.39, 0.29) is 19.2 Å². The highest BCUT2D eigenvalue weighted by molar-refractivity contribution is 7.92. The van der Waals surface area contributed by atoms with Crippen LogP contribution in [-0.2, 0) is 14.8 Å². The summed E-state index contributed by atoms with van der Waals surface area (Å²) in [5.74, 6) is 0.473. The molecule has 0 saturated carbocycles. The maximum absolute atomic E-state index is 12.0. The molecule has 1 aromatic carbocycles. The van der Waals surface area contributed by atoms with E-state index in [9.17, 15) is 13.2 Å². The lowest BCUT2D eigenvalue weighted by Crippen LogP contribution is -2.38. The molecule has 1 N–H and O–H groups in total. The van der Waals surface area contributed by atoms with Crippen LogP contribution < -0.4 is 14.4 Å². The Balaban J connectivity index is 3.00. The van der Waals surface area contributed by atoms with Gasteiger partial charge in [-0.3, -0.25) is 4.31 Å². The summed E-state index contributed by atoms with van der Waals surface area (Å²) in [6.07, 6.45) is 0.410. The first kappa shape index (κ1) is 18.1. The van der Waals surface area contributed by atoms with Gasteiger partial charge in [0.25, 0.3) is 0 Å². The van der Waals surface area contributed by atoms with Crippen molar-refractivity contribution in [2.24, 2.45) is 0 Å². The Morgan fingerprint density at radius 3 is 2.50 bits per heavy atom. The molecule has 7 nitrogen and oxygen atoms in total. The molecule has 1 rings (SSSR count). The molecule has 8 heteroatoms. The molecule has 0 aromatic heterocycles. The zero-order chi connectivity index (χ0) is 16.8. The lowest BCUT2D eigenvalue weighted by molar-refractivity contribution is 0.171. The molecule has 0 aliphatic rings. The second kappa shape index (κ2) is 7.88. The summed E-state index contributed by atoms with van der Waals surface area (Å²) in [6, 6.07) is 6.88. The van der Waals surface area contributed by atoms with E-state index in [2.05, 4.69) is 10.1 Å². The van der Waals surface area contributed by atoms with Gasteiger partial charge in [0.2, 0.25) is 10.0 Å². The number of sulfonamides is 1. The van der Waals surface area contributed by atoms with E-state index >= 15 is 0 Å². The molecule has 0 spiro atoms. The first-order valence-electron chi connectivity index (χ1n) is 6.81. The molecule has 0 radical (unpaired) electrons. The highest BCUT2D eigenvalue weighted by Gasteiger charge is 2.21. The lowest BCUT2D eigenvalue weighted by atomic mass is 10.3. The molecule has 0 unspecified atom stereocenters. The average Bonchev–Trinajstić information content (AvgIpc) is 2.42. The van der Waals surface area contributed by atoms with E-state index in [4.69, 9.17) is 4.74 Å². The molecule has 0 aliphatic heterocycles. The fourth-order valence-corrected chi connectivity index (χ4v) is 2.74. The number of carbonyl (C=O) groups excluding carboxylic acids is 1. The van der Waals surface area contributed by atoms with Crippen molar-refractivity contribution >= 4 is 21.8 Å². The second-order valence-electron chi connectivity index (χ2n) is 4.89. The number of carbonyl (C=O) groups is 1. The van der Waals surface area contributed by atoms with Crippen molar-refractivity contribution in [2.75, 3.05) is 30.8 Å². The summed E-state index contributed by atoms with van der Waals surface area (Å²) >= 11 is 0. The smallest absolute Gasteiger partial charge is 0.406 e. The number of para-hydroxylation sites is 2. The largest absolute Gasteiger partial charge is 0.489 e. The summed E-state index contributed by atoms with van der Waals surface area (Å²) < 4.78 is 35.4. The van der Waals surface area contributed by atoms with Gasteiger partial charge in [0, 0.05) is 6.54 Å². The minimum Gasteiger partial charge on any atom is -0.489 e. The minimum absolute atomic E-state index is 0.0758. The number of ether oxygens (including phenoxy) is 2. The van der Waals surface area contributed by atoms with Crippen LogP contribution in [0.1, 0.15) is 13.8 Å². The number of methoxy groups -OCH3 is 1. The third kappa shape index (κ3) is 5.44. The number of anilines is 1. The van der Waals surface area contributed by atoms with Crippen LogP contribution in [0.15, 0.2) is 24.3 Å². The van der Waals surface area contributed by atoms with Gasteiger partial charge >= 0.3 is 6.09 Å². The van der Waals surface area contributed by atoms with Gasteiger partial charge in [0.05, 0.1) is 31.7 Å². The summed E-state index contributed by atoms with van der Waals surface area (Å²) in [7, 11) is -2.27. The molecule has 124 valence electrons. The van der Waals surface area contributed by atoms with Crippen LogP contribution in [0.5, 0.6) is 5.75 Å². The molecule has 0 heterocycles. The Morgan fingerprint density at radius 2 is 1.95 bits per heavy atom. The normalized spacial score (nSPS) is 11.1. The molecule has 0 atom stereocenters. The third-order valence-electron chi connectivity index (χ3n) is 2.67. The van der Waals surface area contributed by atoms with Crippen molar-refractivity contribution in [3.05, 3.63) is 24.3 Å². The highest BCUT2D eigenvalue weighted by Crippen LogP contribution is 2.30. The van der Waals surface area contributed by atoms with E-state index in [1.165, 1.54) is 11.4 Å². The van der Waals surface area contributed by atoms with Gasteiger partial charge in [0.1, 0.15) is 5.75 Å². The fraction of sp³-hybridized carbons (Fsp3) is 0.500. The summed E-state index contributed by atoms with van der Waals surface area (Å²) in [5, 5.41) is 2.46. The van der Waals surface area contributed by atoms with E-state index < -0.39 is 16.1 Å². The van der Waals surface area contributed by atoms with Crippen molar-refractivity contribution in [3.63, 3.8) is 0 Å². The predicted octanol–water partition coefficient (Wildman–Crippen LogP) is 1.60. The zero-order valence-electron chi connectivity index (χ0n) is 13.2. The predicted molar refractivity (Wildman–Crippen MR) is 84.8 cm³/mol.